The molecule has 2 amide bonds. The second-order valence-corrected chi connectivity index (χ2v) is 7.13. The van der Waals surface area contributed by atoms with E-state index in [9.17, 15) is 22.8 Å². The van der Waals surface area contributed by atoms with Gasteiger partial charge in [-0.3, -0.25) is 9.59 Å². The molecule has 3 rings (SSSR count). The van der Waals surface area contributed by atoms with Crippen molar-refractivity contribution in [1.29, 1.82) is 0 Å². The van der Waals surface area contributed by atoms with E-state index in [-0.39, 0.29) is 30.7 Å². The average Bonchev–Trinajstić information content (AvgIpc) is 3.03. The maximum atomic E-state index is 12.8. The highest BCUT2D eigenvalue weighted by molar-refractivity contribution is 6.03. The number of halogens is 3. The standard InChI is InChI=1S/C21H21F3N2O3/c1-13(2)29-18-8-6-17(7-9-18)26-12-14(10-19(26)27)20(28)25-16-5-3-4-15(11-16)21(22,23)24/h3-9,11,13-14H,10,12H2,1-2H3,(H,25,28)/t14-/m0/s1. The lowest BCUT2D eigenvalue weighted by Gasteiger charge is -2.18. The summed E-state index contributed by atoms with van der Waals surface area (Å²) in [7, 11) is 0. The number of benzene rings is 2. The molecule has 0 aliphatic carbocycles. The van der Waals surface area contributed by atoms with Crippen LogP contribution in [0, 0.1) is 5.92 Å². The number of nitrogens with one attached hydrogen (secondary N) is 1. The van der Waals surface area contributed by atoms with E-state index < -0.39 is 23.6 Å². The molecule has 0 bridgehead atoms. The molecule has 1 N–H and O–H groups in total. The van der Waals surface area contributed by atoms with Gasteiger partial charge in [-0.1, -0.05) is 6.07 Å². The molecule has 0 unspecified atom stereocenters. The number of hydrogen-bond acceptors (Lipinski definition) is 3. The van der Waals surface area contributed by atoms with Gasteiger partial charge >= 0.3 is 6.18 Å². The van der Waals surface area contributed by atoms with Crippen molar-refractivity contribution in [3.8, 4) is 5.75 Å². The maximum absolute atomic E-state index is 12.8. The Balaban J connectivity index is 1.66. The summed E-state index contributed by atoms with van der Waals surface area (Å²) in [6.07, 6.45) is -4.47. The van der Waals surface area contributed by atoms with Crippen molar-refractivity contribution in [2.24, 2.45) is 5.92 Å². The number of carbonyl (C=O) groups excluding carboxylic acids is 2. The van der Waals surface area contributed by atoms with Crippen LogP contribution in [0.1, 0.15) is 25.8 Å². The van der Waals surface area contributed by atoms with Crippen LogP contribution in [-0.2, 0) is 15.8 Å². The molecule has 1 aliphatic rings. The van der Waals surface area contributed by atoms with Crippen LogP contribution < -0.4 is 15.0 Å². The zero-order chi connectivity index (χ0) is 21.2. The van der Waals surface area contributed by atoms with Crippen LogP contribution >= 0.6 is 0 Å². The fourth-order valence-electron chi connectivity index (χ4n) is 3.13. The summed E-state index contributed by atoms with van der Waals surface area (Å²) in [4.78, 5) is 26.3. The zero-order valence-electron chi connectivity index (χ0n) is 16.0. The van der Waals surface area contributed by atoms with Crippen LogP contribution in [0.4, 0.5) is 24.5 Å². The molecule has 0 aromatic heterocycles. The zero-order valence-corrected chi connectivity index (χ0v) is 16.0. The second kappa shape index (κ2) is 8.14. The van der Waals surface area contributed by atoms with Gasteiger partial charge in [0.2, 0.25) is 11.8 Å². The largest absolute Gasteiger partial charge is 0.491 e. The Labute approximate surface area is 166 Å². The molecule has 1 heterocycles. The summed E-state index contributed by atoms with van der Waals surface area (Å²) < 4.78 is 44.0. The summed E-state index contributed by atoms with van der Waals surface area (Å²) in [6, 6.07) is 11.4. The van der Waals surface area contributed by atoms with E-state index in [0.717, 1.165) is 12.1 Å². The first-order valence-electron chi connectivity index (χ1n) is 9.18. The van der Waals surface area contributed by atoms with Crippen molar-refractivity contribution < 1.29 is 27.5 Å². The summed E-state index contributed by atoms with van der Waals surface area (Å²) in [5, 5.41) is 2.48. The molecule has 154 valence electrons. The van der Waals surface area contributed by atoms with Crippen LogP contribution in [0.2, 0.25) is 0 Å². The van der Waals surface area contributed by atoms with Crippen LogP contribution in [0.3, 0.4) is 0 Å². The van der Waals surface area contributed by atoms with Gasteiger partial charge in [-0.05, 0) is 56.3 Å². The number of rotatable bonds is 5. The number of alkyl halides is 3. The van der Waals surface area contributed by atoms with Crippen molar-refractivity contribution in [2.45, 2.75) is 32.5 Å². The lowest BCUT2D eigenvalue weighted by molar-refractivity contribution is -0.137. The van der Waals surface area contributed by atoms with Crippen molar-refractivity contribution >= 4 is 23.2 Å². The van der Waals surface area contributed by atoms with Gasteiger partial charge in [-0.2, -0.15) is 13.2 Å². The van der Waals surface area contributed by atoms with Crippen LogP contribution in [0.25, 0.3) is 0 Å². The number of carbonyl (C=O) groups is 2. The van der Waals surface area contributed by atoms with E-state index in [2.05, 4.69) is 5.32 Å². The molecule has 2 aromatic carbocycles. The Kier molecular flexibility index (Phi) is 5.81. The SMILES string of the molecule is CC(C)Oc1ccc(N2C[C@@H](C(=O)Nc3cccc(C(F)(F)F)c3)CC2=O)cc1. The van der Waals surface area contributed by atoms with Crippen molar-refractivity contribution in [3.05, 3.63) is 54.1 Å². The first-order chi connectivity index (χ1) is 13.6. The Bertz CT molecular complexity index is 895. The minimum atomic E-state index is -4.49. The number of nitrogens with zero attached hydrogens (tertiary/aromatic N) is 1. The Hall–Kier alpha value is -3.03. The van der Waals surface area contributed by atoms with E-state index in [0.29, 0.717) is 11.4 Å². The highest BCUT2D eigenvalue weighted by Crippen LogP contribution is 2.31. The van der Waals surface area contributed by atoms with Crippen molar-refractivity contribution in [3.63, 3.8) is 0 Å². The van der Waals surface area contributed by atoms with Crippen LogP contribution in [-0.4, -0.2) is 24.5 Å². The molecule has 8 heteroatoms. The lowest BCUT2D eigenvalue weighted by Crippen LogP contribution is -2.28. The fourth-order valence-corrected chi connectivity index (χ4v) is 3.13. The number of amides is 2. The molecule has 1 atom stereocenters. The quantitative estimate of drug-likeness (QED) is 0.796. The highest BCUT2D eigenvalue weighted by Gasteiger charge is 2.35. The third-order valence-electron chi connectivity index (χ3n) is 4.47. The summed E-state index contributed by atoms with van der Waals surface area (Å²) >= 11 is 0. The first-order valence-corrected chi connectivity index (χ1v) is 9.18. The van der Waals surface area contributed by atoms with E-state index >= 15 is 0 Å². The lowest BCUT2D eigenvalue weighted by atomic mass is 10.1. The molecule has 29 heavy (non-hydrogen) atoms. The van der Waals surface area contributed by atoms with Crippen molar-refractivity contribution in [2.75, 3.05) is 16.8 Å². The Morgan fingerprint density at radius 2 is 1.86 bits per heavy atom. The van der Waals surface area contributed by atoms with E-state index in [1.807, 2.05) is 13.8 Å². The minimum Gasteiger partial charge on any atom is -0.491 e. The minimum absolute atomic E-state index is 0.00492. The monoisotopic (exact) mass is 406 g/mol. The van der Waals surface area contributed by atoms with Gasteiger partial charge in [0.25, 0.3) is 0 Å². The molecule has 5 nitrogen and oxygen atoms in total. The van der Waals surface area contributed by atoms with E-state index in [1.165, 1.54) is 17.0 Å². The van der Waals surface area contributed by atoms with Crippen LogP contribution in [0.15, 0.2) is 48.5 Å². The molecule has 2 aromatic rings. The molecule has 1 saturated heterocycles. The normalized spacial score (nSPS) is 17.0. The highest BCUT2D eigenvalue weighted by atomic mass is 19.4. The summed E-state index contributed by atoms with van der Waals surface area (Å²) in [5.41, 5.74) is -0.158. The Morgan fingerprint density at radius 1 is 1.17 bits per heavy atom. The van der Waals surface area contributed by atoms with E-state index in [1.54, 1.807) is 24.3 Å². The summed E-state index contributed by atoms with van der Waals surface area (Å²) in [6.45, 7) is 3.98. The smallest absolute Gasteiger partial charge is 0.416 e. The van der Waals surface area contributed by atoms with Gasteiger partial charge in [0, 0.05) is 24.3 Å². The molecular weight excluding hydrogens is 385 g/mol. The van der Waals surface area contributed by atoms with Crippen LogP contribution in [0.5, 0.6) is 5.75 Å². The predicted octanol–water partition coefficient (Wildman–Crippen LogP) is 4.48. The molecule has 0 saturated carbocycles. The van der Waals surface area contributed by atoms with Crippen molar-refractivity contribution in [1.82, 2.24) is 0 Å². The third-order valence-corrected chi connectivity index (χ3v) is 4.47. The van der Waals surface area contributed by atoms with Gasteiger partial charge in [-0.25, -0.2) is 0 Å². The van der Waals surface area contributed by atoms with Gasteiger partial charge in [0.1, 0.15) is 5.75 Å². The fraction of sp³-hybridized carbons (Fsp3) is 0.333. The summed E-state index contributed by atoms with van der Waals surface area (Å²) in [5.74, 6) is -0.676. The first kappa shape index (κ1) is 20.7. The maximum Gasteiger partial charge on any atom is 0.416 e. The van der Waals surface area contributed by atoms with Gasteiger partial charge < -0.3 is 15.0 Å². The Morgan fingerprint density at radius 3 is 2.48 bits per heavy atom. The van der Waals surface area contributed by atoms with Gasteiger partial charge in [0.15, 0.2) is 0 Å². The average molecular weight is 406 g/mol. The molecule has 1 fully saturated rings. The molecular formula is C21H21F3N2O3. The predicted molar refractivity (Wildman–Crippen MR) is 103 cm³/mol. The van der Waals surface area contributed by atoms with Gasteiger partial charge in [0.05, 0.1) is 17.6 Å². The molecule has 0 radical (unpaired) electrons. The third kappa shape index (κ3) is 5.07. The van der Waals surface area contributed by atoms with Gasteiger partial charge in [-0.15, -0.1) is 0 Å². The van der Waals surface area contributed by atoms with E-state index in [4.69, 9.17) is 4.74 Å². The molecule has 1 aliphatic heterocycles. The number of ether oxygens (including phenoxy) is 1. The number of hydrogen-bond donors (Lipinski definition) is 1. The number of anilines is 2. The molecule has 0 spiro atoms. The second-order valence-electron chi connectivity index (χ2n) is 7.13. The topological polar surface area (TPSA) is 58.6 Å².